The van der Waals surface area contributed by atoms with Crippen molar-refractivity contribution in [2.45, 2.75) is 77.3 Å². The monoisotopic (exact) mass is 656 g/mol. The van der Waals surface area contributed by atoms with Gasteiger partial charge in [-0.3, -0.25) is 14.2 Å². The molecule has 0 spiro atoms. The Hall–Kier alpha value is -1.49. The Kier molecular flexibility index (Phi) is 11.1. The van der Waals surface area contributed by atoms with Crippen molar-refractivity contribution < 1.29 is 37.6 Å². The molecule has 230 valence electrons. The van der Waals surface area contributed by atoms with E-state index in [1.54, 1.807) is 34.6 Å². The molecule has 2 aromatic rings. The van der Waals surface area contributed by atoms with Gasteiger partial charge in [-0.2, -0.15) is 0 Å². The molecule has 0 saturated carbocycles. The van der Waals surface area contributed by atoms with Gasteiger partial charge in [0.2, 0.25) is 0 Å². The van der Waals surface area contributed by atoms with Gasteiger partial charge in [-0.1, -0.05) is 44.1 Å². The summed E-state index contributed by atoms with van der Waals surface area (Å²) in [5, 5.41) is 10.7. The second kappa shape index (κ2) is 13.4. The Bertz CT molecular complexity index is 1300. The molecular weight excluding hydrogens is 622 g/mol. The first-order valence-electron chi connectivity index (χ1n) is 12.6. The first-order chi connectivity index (χ1) is 19.0. The molecule has 0 aliphatic carbocycles. The van der Waals surface area contributed by atoms with Gasteiger partial charge in [0.25, 0.3) is 11.8 Å². The molecule has 1 aliphatic rings. The summed E-state index contributed by atoms with van der Waals surface area (Å²) in [7, 11) is 0. The van der Waals surface area contributed by atoms with Crippen LogP contribution in [-0.2, 0) is 39.9 Å². The van der Waals surface area contributed by atoms with Crippen molar-refractivity contribution >= 4 is 69.9 Å². The Morgan fingerprint density at radius 2 is 2.02 bits per heavy atom. The number of carbonyl (C=O) groups is 2. The zero-order chi connectivity index (χ0) is 30.8. The molecule has 1 fully saturated rings. The van der Waals surface area contributed by atoms with Crippen molar-refractivity contribution in [2.24, 2.45) is 5.41 Å². The van der Waals surface area contributed by atoms with Crippen LogP contribution in [-0.4, -0.2) is 84.2 Å². The summed E-state index contributed by atoms with van der Waals surface area (Å²) in [6.07, 6.45) is -2.70. The number of alkyl halides is 2. The number of nitrogens with zero attached hydrogens (tertiary/aromatic N) is 4. The molecule has 4 N–H and O–H groups in total. The lowest BCUT2D eigenvalue weighted by Crippen LogP contribution is -2.39. The number of ether oxygens (including phenoxy) is 2. The molecule has 2 aromatic heterocycles. The van der Waals surface area contributed by atoms with Gasteiger partial charge < -0.3 is 29.4 Å². The second-order valence-corrected chi connectivity index (χ2v) is 15.4. The Morgan fingerprint density at radius 3 is 2.66 bits per heavy atom. The maximum absolute atomic E-state index is 15.6. The van der Waals surface area contributed by atoms with Gasteiger partial charge in [0.15, 0.2) is 22.8 Å². The highest BCUT2D eigenvalue weighted by molar-refractivity contribution is 8.13. The van der Waals surface area contributed by atoms with E-state index in [1.165, 1.54) is 24.1 Å². The van der Waals surface area contributed by atoms with E-state index in [2.05, 4.69) is 20.0 Å². The highest BCUT2D eigenvalue weighted by Crippen LogP contribution is 2.49. The van der Waals surface area contributed by atoms with Gasteiger partial charge in [0, 0.05) is 11.2 Å². The van der Waals surface area contributed by atoms with E-state index in [-0.39, 0.29) is 40.6 Å². The number of hydrogen-bond donors (Lipinski definition) is 3. The molecule has 13 nitrogen and oxygen atoms in total. The number of fused-ring (bicyclic) bond motifs is 1. The largest absolute Gasteiger partial charge is 0.462 e. The minimum absolute atomic E-state index is 0.00409. The molecule has 3 rings (SSSR count). The summed E-state index contributed by atoms with van der Waals surface area (Å²) in [4.78, 5) is 36.7. The molecule has 0 aromatic carbocycles. The van der Waals surface area contributed by atoms with Gasteiger partial charge in [-0.15, -0.1) is 0 Å². The molecule has 18 heteroatoms. The Balaban J connectivity index is 1.74. The van der Waals surface area contributed by atoms with Crippen molar-refractivity contribution in [1.29, 1.82) is 0 Å². The lowest BCUT2D eigenvalue weighted by molar-refractivity contribution is -0.149. The highest BCUT2D eigenvalue weighted by atomic mass is 35.5. The van der Waals surface area contributed by atoms with E-state index in [4.69, 9.17) is 47.7 Å². The number of nitrogens with two attached hydrogens (primary N) is 1. The molecule has 3 heterocycles. The Labute approximate surface area is 251 Å². The predicted octanol–water partition coefficient (Wildman–Crippen LogP) is 3.06. The minimum atomic E-state index is -3.47. The number of esters is 1. The number of imidazole rings is 1. The third-order valence-electron chi connectivity index (χ3n) is 5.68. The summed E-state index contributed by atoms with van der Waals surface area (Å²) in [5.41, 5.74) is 5.63. The number of thioether (sulfide) groups is 1. The number of halogens is 2. The normalized spacial score (nSPS) is 25.4. The van der Waals surface area contributed by atoms with Crippen LogP contribution < -0.4 is 10.8 Å². The van der Waals surface area contributed by atoms with Crippen molar-refractivity contribution in [3.8, 4) is 0 Å². The van der Waals surface area contributed by atoms with Crippen LogP contribution in [0.3, 0.4) is 0 Å². The second-order valence-electron chi connectivity index (χ2n) is 10.6. The maximum Gasteiger partial charge on any atom is 0.323 e. The van der Waals surface area contributed by atoms with E-state index in [9.17, 15) is 14.7 Å². The van der Waals surface area contributed by atoms with Crippen molar-refractivity contribution in [2.75, 3.05) is 24.7 Å². The van der Waals surface area contributed by atoms with Gasteiger partial charge in [0.05, 0.1) is 25.6 Å². The third kappa shape index (κ3) is 8.33. The van der Waals surface area contributed by atoms with E-state index in [0.29, 0.717) is 0 Å². The van der Waals surface area contributed by atoms with Crippen molar-refractivity contribution in [1.82, 2.24) is 24.6 Å². The average Bonchev–Trinajstić information content (AvgIpc) is 3.38. The Morgan fingerprint density at radius 1 is 1.34 bits per heavy atom. The number of nitrogen functional groups attached to an aromatic ring is 1. The number of anilines is 1. The molecular formula is C23H35ClFN6O7PS2. The summed E-state index contributed by atoms with van der Waals surface area (Å²) >= 11 is 12.8. The summed E-state index contributed by atoms with van der Waals surface area (Å²) in [5.74, 6) is -0.251. The van der Waals surface area contributed by atoms with Crippen LogP contribution >= 0.6 is 30.0 Å². The zero-order valence-corrected chi connectivity index (χ0v) is 26.7. The van der Waals surface area contributed by atoms with Crippen molar-refractivity contribution in [3.63, 3.8) is 0 Å². The SMILES string of the molecule is CC(C)OC(=O)[C@@H](C)N[P@](=S)(OCCSC(=O)C(C)(C)C)OC[C@H]1O[C@@H](n2cnc3c(N)ncnc32)[C@](F)(Cl)[C@@H]1O. The van der Waals surface area contributed by atoms with Gasteiger partial charge in [0.1, 0.15) is 30.1 Å². The van der Waals surface area contributed by atoms with Crippen molar-refractivity contribution in [3.05, 3.63) is 12.7 Å². The maximum atomic E-state index is 15.6. The molecule has 0 radical (unpaired) electrons. The number of aliphatic hydroxyl groups is 1. The number of hydrogen-bond acceptors (Lipinski definition) is 13. The van der Waals surface area contributed by atoms with Crippen LogP contribution in [0.5, 0.6) is 0 Å². The number of carbonyl (C=O) groups excluding carboxylic acids is 2. The first kappa shape index (κ1) is 34.0. The smallest absolute Gasteiger partial charge is 0.323 e. The molecule has 1 aliphatic heterocycles. The fraction of sp³-hybridized carbons (Fsp3) is 0.696. The van der Waals surface area contributed by atoms with E-state index in [0.717, 1.165) is 11.8 Å². The number of aliphatic hydroxyl groups excluding tert-OH is 1. The van der Waals surface area contributed by atoms with Crippen LogP contribution in [0.25, 0.3) is 11.2 Å². The van der Waals surface area contributed by atoms with Gasteiger partial charge in [-0.25, -0.2) is 24.4 Å². The summed E-state index contributed by atoms with van der Waals surface area (Å²) in [6, 6.07) is -0.926. The quantitative estimate of drug-likeness (QED) is 0.132. The average molecular weight is 657 g/mol. The summed E-state index contributed by atoms with van der Waals surface area (Å²) in [6.45, 7) is 6.41. The molecule has 0 bridgehead atoms. The highest BCUT2D eigenvalue weighted by Gasteiger charge is 2.58. The topological polar surface area (TPSA) is 173 Å². The van der Waals surface area contributed by atoms with Crippen LogP contribution in [0.1, 0.15) is 47.8 Å². The fourth-order valence-electron chi connectivity index (χ4n) is 3.56. The molecule has 41 heavy (non-hydrogen) atoms. The summed E-state index contributed by atoms with van der Waals surface area (Å²) < 4.78 is 39.5. The van der Waals surface area contributed by atoms with E-state index < -0.39 is 54.2 Å². The van der Waals surface area contributed by atoms with Crippen LogP contribution in [0.2, 0.25) is 0 Å². The standard InChI is InChI=1S/C23H35ClFN6O7PS2/c1-12(2)37-19(33)13(3)30-39(40,35-7-8-41-21(34)22(4,5)6)36-9-14-16(32)23(24,25)20(38-14)31-11-29-15-17(26)27-10-28-18(15)31/h10-14,16,20,32H,7-9H2,1-6H3,(H,30,40)(H2,26,27,28)/t13-,14-,16-,20-,23+,39+/m1/s1. The van der Waals surface area contributed by atoms with Gasteiger partial charge in [-0.05, 0) is 32.6 Å². The van der Waals surface area contributed by atoms with E-state index >= 15 is 4.39 Å². The molecule has 6 atom stereocenters. The molecule has 1 saturated heterocycles. The van der Waals surface area contributed by atoms with Gasteiger partial charge >= 0.3 is 5.97 Å². The third-order valence-corrected chi connectivity index (χ3v) is 9.99. The zero-order valence-electron chi connectivity index (χ0n) is 23.4. The predicted molar refractivity (Wildman–Crippen MR) is 156 cm³/mol. The van der Waals surface area contributed by atoms with Crippen LogP contribution in [0, 0.1) is 5.41 Å². The first-order valence-corrected chi connectivity index (χ1v) is 16.7. The van der Waals surface area contributed by atoms with Crippen LogP contribution in [0.4, 0.5) is 10.2 Å². The number of nitrogens with one attached hydrogen (secondary N) is 1. The lowest BCUT2D eigenvalue weighted by atomic mass is 10.00. The lowest BCUT2D eigenvalue weighted by Gasteiger charge is -2.28. The fourth-order valence-corrected chi connectivity index (χ4v) is 7.13. The number of aromatic nitrogens is 4. The molecule has 0 unspecified atom stereocenters. The minimum Gasteiger partial charge on any atom is -0.462 e. The van der Waals surface area contributed by atoms with E-state index in [1.807, 2.05) is 0 Å². The molecule has 0 amide bonds. The number of rotatable bonds is 12. The van der Waals surface area contributed by atoms with Crippen LogP contribution in [0.15, 0.2) is 12.7 Å².